The van der Waals surface area contributed by atoms with Crippen LogP contribution in [0.15, 0.2) is 65.9 Å². The van der Waals surface area contributed by atoms with Gasteiger partial charge in [0.1, 0.15) is 0 Å². The van der Waals surface area contributed by atoms with Crippen LogP contribution in [0.2, 0.25) is 0 Å². The van der Waals surface area contributed by atoms with Crippen molar-refractivity contribution in [3.05, 3.63) is 77.8 Å². The lowest BCUT2D eigenvalue weighted by Crippen LogP contribution is -2.01. The van der Waals surface area contributed by atoms with Crippen LogP contribution in [-0.2, 0) is 12.8 Å². The molecular formula is C20H26N4. The number of hydrogen-bond acceptors (Lipinski definition) is 3. The van der Waals surface area contributed by atoms with Crippen LogP contribution in [0.1, 0.15) is 23.7 Å². The van der Waals surface area contributed by atoms with E-state index in [9.17, 15) is 0 Å². The fourth-order valence-electron chi connectivity index (χ4n) is 2.44. The molecule has 0 unspecified atom stereocenters. The van der Waals surface area contributed by atoms with Gasteiger partial charge in [0.05, 0.1) is 11.4 Å². The van der Waals surface area contributed by atoms with Crippen LogP contribution in [0.3, 0.4) is 0 Å². The average molecular weight is 322 g/mol. The van der Waals surface area contributed by atoms with Gasteiger partial charge in [0.2, 0.25) is 0 Å². The highest BCUT2D eigenvalue weighted by atomic mass is 14.8. The maximum atomic E-state index is 5.57. The lowest BCUT2D eigenvalue weighted by molar-refractivity contribution is 0.971. The number of benzene rings is 1. The van der Waals surface area contributed by atoms with Crippen LogP contribution >= 0.6 is 0 Å². The lowest BCUT2D eigenvalue weighted by Gasteiger charge is -2.04. The van der Waals surface area contributed by atoms with Gasteiger partial charge in [0.15, 0.2) is 0 Å². The van der Waals surface area contributed by atoms with Gasteiger partial charge < -0.3 is 16.0 Å². The smallest absolute Gasteiger partial charge is 0.0607 e. The molecule has 2 rings (SSSR count). The number of H-pyrrole nitrogens is 1. The third-order valence-electron chi connectivity index (χ3n) is 3.79. The molecule has 0 aliphatic carbocycles. The first kappa shape index (κ1) is 17.8. The second kappa shape index (κ2) is 8.89. The Morgan fingerprint density at radius 1 is 1.33 bits per heavy atom. The largest absolute Gasteiger partial charge is 0.388 e. The summed E-state index contributed by atoms with van der Waals surface area (Å²) >= 11 is 0. The molecule has 1 aromatic heterocycles. The standard InChI is InChI=1S/C20H26N4/c1-15(11-17-5-4-6-19(12-17)22-3)8-10-23-16(2)20-13-18(7-9-21)14-24-20/h4-6,8,10,12-14,22,24H,1,7,9,11,21H2,2-3H3/b10-8-,23-16+. The van der Waals surface area contributed by atoms with Crippen molar-refractivity contribution < 1.29 is 0 Å². The molecule has 2 aromatic rings. The van der Waals surface area contributed by atoms with Gasteiger partial charge in [-0.15, -0.1) is 0 Å². The van der Waals surface area contributed by atoms with Crippen molar-refractivity contribution in [3.63, 3.8) is 0 Å². The first-order valence-electron chi connectivity index (χ1n) is 8.15. The second-order valence-electron chi connectivity index (χ2n) is 5.78. The summed E-state index contributed by atoms with van der Waals surface area (Å²) in [7, 11) is 1.92. The molecule has 0 spiro atoms. The molecular weight excluding hydrogens is 296 g/mol. The fraction of sp³-hybridized carbons (Fsp3) is 0.250. The quantitative estimate of drug-likeness (QED) is 0.513. The highest BCUT2D eigenvalue weighted by Gasteiger charge is 2.01. The van der Waals surface area contributed by atoms with Crippen molar-refractivity contribution in [2.75, 3.05) is 18.9 Å². The first-order chi connectivity index (χ1) is 11.6. The SMILES string of the molecule is C=C(/C=C\N=C(/C)c1cc(CCN)c[nH]1)Cc1cccc(NC)c1. The zero-order valence-electron chi connectivity index (χ0n) is 14.5. The number of aromatic nitrogens is 1. The van der Waals surface area contributed by atoms with Crippen molar-refractivity contribution in [2.24, 2.45) is 10.7 Å². The molecule has 0 atom stereocenters. The van der Waals surface area contributed by atoms with E-state index in [0.717, 1.165) is 35.5 Å². The van der Waals surface area contributed by atoms with Crippen molar-refractivity contribution in [3.8, 4) is 0 Å². The summed E-state index contributed by atoms with van der Waals surface area (Å²) in [5.74, 6) is 0. The summed E-state index contributed by atoms with van der Waals surface area (Å²) < 4.78 is 0. The fourth-order valence-corrected chi connectivity index (χ4v) is 2.44. The summed E-state index contributed by atoms with van der Waals surface area (Å²) in [6, 6.07) is 10.4. The van der Waals surface area contributed by atoms with Crippen molar-refractivity contribution in [2.45, 2.75) is 19.8 Å². The Morgan fingerprint density at radius 2 is 2.17 bits per heavy atom. The van der Waals surface area contributed by atoms with Crippen LogP contribution in [-0.4, -0.2) is 24.3 Å². The van der Waals surface area contributed by atoms with Gasteiger partial charge >= 0.3 is 0 Å². The molecule has 24 heavy (non-hydrogen) atoms. The van der Waals surface area contributed by atoms with Gasteiger partial charge in [-0.25, -0.2) is 0 Å². The van der Waals surface area contributed by atoms with Crippen LogP contribution in [0, 0.1) is 0 Å². The van der Waals surface area contributed by atoms with Crippen molar-refractivity contribution >= 4 is 11.4 Å². The van der Waals surface area contributed by atoms with Gasteiger partial charge in [0.25, 0.3) is 0 Å². The zero-order valence-corrected chi connectivity index (χ0v) is 14.5. The van der Waals surface area contributed by atoms with Gasteiger partial charge in [-0.05, 0) is 67.3 Å². The van der Waals surface area contributed by atoms with Gasteiger partial charge in [0, 0.05) is 25.1 Å². The van der Waals surface area contributed by atoms with Crippen LogP contribution in [0.25, 0.3) is 0 Å². The molecule has 0 aliphatic rings. The number of nitrogens with one attached hydrogen (secondary N) is 2. The average Bonchev–Trinajstić information content (AvgIpc) is 3.04. The topological polar surface area (TPSA) is 66.2 Å². The number of aliphatic imine (C=N–C) groups is 1. The predicted octanol–water partition coefficient (Wildman–Crippen LogP) is 3.68. The number of rotatable bonds is 8. The number of nitrogens with two attached hydrogens (primary N) is 1. The van der Waals surface area contributed by atoms with Crippen LogP contribution < -0.4 is 11.1 Å². The van der Waals surface area contributed by atoms with E-state index in [1.165, 1.54) is 11.1 Å². The minimum atomic E-state index is 0.655. The van der Waals surface area contributed by atoms with Gasteiger partial charge in [-0.3, -0.25) is 4.99 Å². The molecule has 0 fully saturated rings. The Morgan fingerprint density at radius 3 is 2.92 bits per heavy atom. The lowest BCUT2D eigenvalue weighted by atomic mass is 10.1. The Labute approximate surface area is 144 Å². The number of hydrogen-bond donors (Lipinski definition) is 3. The van der Waals surface area contributed by atoms with Gasteiger partial charge in [-0.2, -0.15) is 0 Å². The predicted molar refractivity (Wildman–Crippen MR) is 104 cm³/mol. The Bertz CT molecular complexity index is 738. The third-order valence-corrected chi connectivity index (χ3v) is 3.79. The van der Waals surface area contributed by atoms with Gasteiger partial charge in [-0.1, -0.05) is 18.7 Å². The molecule has 4 N–H and O–H groups in total. The van der Waals surface area contributed by atoms with E-state index in [-0.39, 0.29) is 0 Å². The summed E-state index contributed by atoms with van der Waals surface area (Å²) in [5.41, 5.74) is 12.1. The van der Waals surface area contributed by atoms with E-state index in [4.69, 9.17) is 5.73 Å². The third kappa shape index (κ3) is 5.25. The van der Waals surface area contributed by atoms with E-state index < -0.39 is 0 Å². The first-order valence-corrected chi connectivity index (χ1v) is 8.15. The van der Waals surface area contributed by atoms with Crippen LogP contribution in [0.4, 0.5) is 5.69 Å². The summed E-state index contributed by atoms with van der Waals surface area (Å²) in [4.78, 5) is 7.71. The zero-order chi connectivity index (χ0) is 17.4. The Balaban J connectivity index is 1.94. The molecule has 1 aromatic carbocycles. The van der Waals surface area contributed by atoms with E-state index in [2.05, 4.69) is 40.1 Å². The van der Waals surface area contributed by atoms with Crippen LogP contribution in [0.5, 0.6) is 0 Å². The molecule has 0 saturated carbocycles. The Hall–Kier alpha value is -2.59. The molecule has 126 valence electrons. The highest BCUT2D eigenvalue weighted by Crippen LogP contribution is 2.14. The second-order valence-corrected chi connectivity index (χ2v) is 5.78. The molecule has 0 aliphatic heterocycles. The summed E-state index contributed by atoms with van der Waals surface area (Å²) in [5, 5.41) is 3.15. The molecule has 1 heterocycles. The normalized spacial score (nSPS) is 11.9. The Kier molecular flexibility index (Phi) is 6.58. The van der Waals surface area contributed by atoms with E-state index in [1.54, 1.807) is 0 Å². The number of anilines is 1. The van der Waals surface area contributed by atoms with E-state index >= 15 is 0 Å². The summed E-state index contributed by atoms with van der Waals surface area (Å²) in [6.07, 6.45) is 7.44. The number of aromatic amines is 1. The minimum absolute atomic E-state index is 0.655. The molecule has 0 amide bonds. The molecule has 0 radical (unpaired) electrons. The van der Waals surface area contributed by atoms with E-state index in [1.807, 2.05) is 44.6 Å². The van der Waals surface area contributed by atoms with E-state index in [0.29, 0.717) is 6.54 Å². The maximum absolute atomic E-state index is 5.57. The molecule has 4 heteroatoms. The maximum Gasteiger partial charge on any atom is 0.0607 e. The van der Waals surface area contributed by atoms with Crippen molar-refractivity contribution in [1.82, 2.24) is 4.98 Å². The number of allylic oxidation sites excluding steroid dienone is 2. The minimum Gasteiger partial charge on any atom is -0.388 e. The highest BCUT2D eigenvalue weighted by molar-refractivity contribution is 5.97. The monoisotopic (exact) mass is 322 g/mol. The molecule has 0 saturated heterocycles. The molecule has 0 bridgehead atoms. The number of nitrogens with zero attached hydrogens (tertiary/aromatic N) is 1. The van der Waals surface area contributed by atoms with Crippen molar-refractivity contribution in [1.29, 1.82) is 0 Å². The molecule has 4 nitrogen and oxygen atoms in total. The summed E-state index contributed by atoms with van der Waals surface area (Å²) in [6.45, 7) is 6.75.